The van der Waals surface area contributed by atoms with Crippen molar-refractivity contribution < 1.29 is 0 Å². The Kier molecular flexibility index (Phi) is 3.61. The van der Waals surface area contributed by atoms with Gasteiger partial charge in [-0.3, -0.25) is 4.68 Å². The highest BCUT2D eigenvalue weighted by Gasteiger charge is 2.08. The van der Waals surface area contributed by atoms with Gasteiger partial charge in [-0.2, -0.15) is 10.4 Å². The monoisotopic (exact) mass is 257 g/mol. The summed E-state index contributed by atoms with van der Waals surface area (Å²) < 4.78 is 3.83. The normalized spacial score (nSPS) is 10.7. The van der Waals surface area contributed by atoms with Crippen LogP contribution in [0, 0.1) is 18.3 Å². The van der Waals surface area contributed by atoms with E-state index in [1.165, 1.54) is 0 Å². The van der Waals surface area contributed by atoms with Gasteiger partial charge in [0.15, 0.2) is 0 Å². The van der Waals surface area contributed by atoms with Gasteiger partial charge in [0.25, 0.3) is 0 Å². The largest absolute Gasteiger partial charge is 0.378 e. The maximum atomic E-state index is 9.00. The van der Waals surface area contributed by atoms with Crippen LogP contribution in [-0.4, -0.2) is 14.3 Å². The van der Waals surface area contributed by atoms with Crippen molar-refractivity contribution in [2.24, 2.45) is 7.05 Å². The van der Waals surface area contributed by atoms with Gasteiger partial charge in [0.05, 0.1) is 11.9 Å². The molecule has 0 atom stereocenters. The molecular formula is C14H19N5. The maximum Gasteiger partial charge on any atom is 0.120 e. The number of rotatable bonds is 4. The van der Waals surface area contributed by atoms with Crippen molar-refractivity contribution in [3.05, 3.63) is 35.4 Å². The molecule has 19 heavy (non-hydrogen) atoms. The third-order valence-corrected chi connectivity index (χ3v) is 3.37. The van der Waals surface area contributed by atoms with Crippen molar-refractivity contribution in [3.63, 3.8) is 0 Å². The predicted molar refractivity (Wildman–Crippen MR) is 74.8 cm³/mol. The fraction of sp³-hybridized carbons (Fsp3) is 0.429. The van der Waals surface area contributed by atoms with Crippen LogP contribution in [-0.2, 0) is 13.6 Å². The molecule has 5 heteroatoms. The highest BCUT2D eigenvalue weighted by Crippen LogP contribution is 2.16. The van der Waals surface area contributed by atoms with E-state index in [9.17, 15) is 0 Å². The number of hydrogen-bond donors (Lipinski definition) is 1. The lowest BCUT2D eigenvalue weighted by molar-refractivity contribution is 0.532. The minimum absolute atomic E-state index is 0.360. The Hall–Kier alpha value is -2.22. The molecule has 0 spiro atoms. The summed E-state index contributed by atoms with van der Waals surface area (Å²) in [5.41, 5.74) is 3.93. The number of hydrogen-bond acceptors (Lipinski definition) is 3. The SMILES string of the molecule is Cc1c(CNc2cnn(C(C)C)c2)cc(C#N)n1C. The first kappa shape index (κ1) is 13.2. The fourth-order valence-corrected chi connectivity index (χ4v) is 1.96. The molecule has 0 fully saturated rings. The predicted octanol–water partition coefficient (Wildman–Crippen LogP) is 2.59. The molecule has 5 nitrogen and oxygen atoms in total. The minimum atomic E-state index is 0.360. The van der Waals surface area contributed by atoms with E-state index < -0.39 is 0 Å². The quantitative estimate of drug-likeness (QED) is 0.915. The molecule has 0 saturated carbocycles. The standard InChI is InChI=1S/C14H19N5/c1-10(2)19-9-13(8-17-19)16-7-12-5-14(6-15)18(4)11(12)3/h5,8-10,16H,7H2,1-4H3. The molecule has 2 heterocycles. The van der Waals surface area contributed by atoms with Crippen molar-refractivity contribution in [2.45, 2.75) is 33.4 Å². The smallest absolute Gasteiger partial charge is 0.120 e. The van der Waals surface area contributed by atoms with Gasteiger partial charge in [-0.25, -0.2) is 0 Å². The summed E-state index contributed by atoms with van der Waals surface area (Å²) in [6.07, 6.45) is 3.82. The highest BCUT2D eigenvalue weighted by atomic mass is 15.3. The van der Waals surface area contributed by atoms with Gasteiger partial charge in [-0.05, 0) is 32.4 Å². The topological polar surface area (TPSA) is 58.6 Å². The van der Waals surface area contributed by atoms with Crippen LogP contribution < -0.4 is 5.32 Å². The van der Waals surface area contributed by atoms with Gasteiger partial charge < -0.3 is 9.88 Å². The molecule has 0 amide bonds. The van der Waals surface area contributed by atoms with Crippen LogP contribution in [0.5, 0.6) is 0 Å². The Bertz CT molecular complexity index is 612. The van der Waals surface area contributed by atoms with Crippen LogP contribution in [0.4, 0.5) is 5.69 Å². The number of nitrogens with one attached hydrogen (secondary N) is 1. The second-order valence-electron chi connectivity index (χ2n) is 4.97. The Morgan fingerprint density at radius 3 is 2.74 bits per heavy atom. The summed E-state index contributed by atoms with van der Waals surface area (Å²) in [5, 5.41) is 16.6. The van der Waals surface area contributed by atoms with Crippen LogP contribution in [0.3, 0.4) is 0 Å². The van der Waals surface area contributed by atoms with Crippen LogP contribution in [0.1, 0.15) is 36.8 Å². The first-order valence-electron chi connectivity index (χ1n) is 6.36. The summed E-state index contributed by atoms with van der Waals surface area (Å²) in [6.45, 7) is 6.91. The lowest BCUT2D eigenvalue weighted by Gasteiger charge is -2.05. The number of aromatic nitrogens is 3. The summed E-state index contributed by atoms with van der Waals surface area (Å²) >= 11 is 0. The lowest BCUT2D eigenvalue weighted by atomic mass is 10.2. The van der Waals surface area contributed by atoms with Crippen LogP contribution in [0.25, 0.3) is 0 Å². The maximum absolute atomic E-state index is 9.00. The second-order valence-corrected chi connectivity index (χ2v) is 4.97. The molecule has 2 rings (SSSR count). The second kappa shape index (κ2) is 5.19. The molecular weight excluding hydrogens is 238 g/mol. The Balaban J connectivity index is 2.08. The van der Waals surface area contributed by atoms with E-state index in [1.54, 1.807) is 0 Å². The molecule has 2 aromatic rings. The Labute approximate surface area is 113 Å². The van der Waals surface area contributed by atoms with Crippen LogP contribution in [0.2, 0.25) is 0 Å². The van der Waals surface area contributed by atoms with Gasteiger partial charge in [0, 0.05) is 31.5 Å². The van der Waals surface area contributed by atoms with Gasteiger partial charge in [0.1, 0.15) is 11.8 Å². The molecule has 0 saturated heterocycles. The molecule has 1 N–H and O–H groups in total. The van der Waals surface area contributed by atoms with E-state index in [2.05, 4.69) is 30.3 Å². The molecule has 0 aromatic carbocycles. The average Bonchev–Trinajstić information content (AvgIpc) is 2.95. The van der Waals surface area contributed by atoms with Crippen LogP contribution in [0.15, 0.2) is 18.5 Å². The van der Waals surface area contributed by atoms with Gasteiger partial charge in [-0.1, -0.05) is 0 Å². The van der Waals surface area contributed by atoms with E-state index >= 15 is 0 Å². The third kappa shape index (κ3) is 2.63. The molecule has 100 valence electrons. The fourth-order valence-electron chi connectivity index (χ4n) is 1.96. The Morgan fingerprint density at radius 2 is 2.21 bits per heavy atom. The average molecular weight is 257 g/mol. The van der Waals surface area contributed by atoms with E-state index in [0.29, 0.717) is 18.3 Å². The molecule has 0 radical (unpaired) electrons. The summed E-state index contributed by atoms with van der Waals surface area (Å²) in [7, 11) is 1.91. The highest BCUT2D eigenvalue weighted by molar-refractivity contribution is 5.42. The number of nitrogens with zero attached hydrogens (tertiary/aromatic N) is 4. The zero-order valence-electron chi connectivity index (χ0n) is 11.8. The summed E-state index contributed by atoms with van der Waals surface area (Å²) in [4.78, 5) is 0. The zero-order valence-corrected chi connectivity index (χ0v) is 11.8. The lowest BCUT2D eigenvalue weighted by Crippen LogP contribution is -2.02. The minimum Gasteiger partial charge on any atom is -0.378 e. The Morgan fingerprint density at radius 1 is 1.47 bits per heavy atom. The van der Waals surface area contributed by atoms with E-state index in [-0.39, 0.29) is 0 Å². The van der Waals surface area contributed by atoms with Crippen molar-refractivity contribution in [3.8, 4) is 6.07 Å². The first-order chi connectivity index (χ1) is 9.02. The van der Waals surface area contributed by atoms with Gasteiger partial charge in [0.2, 0.25) is 0 Å². The number of anilines is 1. The van der Waals surface area contributed by atoms with Crippen LogP contribution >= 0.6 is 0 Å². The van der Waals surface area contributed by atoms with Crippen molar-refractivity contribution in [1.82, 2.24) is 14.3 Å². The first-order valence-corrected chi connectivity index (χ1v) is 6.36. The zero-order chi connectivity index (χ0) is 14.0. The molecule has 0 bridgehead atoms. The van der Waals surface area contributed by atoms with Crippen molar-refractivity contribution in [1.29, 1.82) is 5.26 Å². The summed E-state index contributed by atoms with van der Waals surface area (Å²) in [5.74, 6) is 0. The number of nitriles is 1. The summed E-state index contributed by atoms with van der Waals surface area (Å²) in [6, 6.07) is 4.48. The van der Waals surface area contributed by atoms with Crippen molar-refractivity contribution in [2.75, 3.05) is 5.32 Å². The van der Waals surface area contributed by atoms with Gasteiger partial charge in [-0.15, -0.1) is 0 Å². The van der Waals surface area contributed by atoms with E-state index in [1.807, 2.05) is 41.7 Å². The van der Waals surface area contributed by atoms with Gasteiger partial charge >= 0.3 is 0 Å². The molecule has 0 aliphatic heterocycles. The molecule has 2 aromatic heterocycles. The molecule has 0 aliphatic rings. The molecule has 0 aliphatic carbocycles. The van der Waals surface area contributed by atoms with Crippen molar-refractivity contribution >= 4 is 5.69 Å². The van der Waals surface area contributed by atoms with E-state index in [0.717, 1.165) is 16.9 Å². The third-order valence-electron chi connectivity index (χ3n) is 3.37. The van der Waals surface area contributed by atoms with E-state index in [4.69, 9.17) is 5.26 Å². The molecule has 0 unspecified atom stereocenters.